The van der Waals surface area contributed by atoms with Crippen LogP contribution in [0.4, 0.5) is 5.69 Å². The number of carbonyl (C=O) groups excluding carboxylic acids is 3. The fourth-order valence-electron chi connectivity index (χ4n) is 4.04. The summed E-state index contributed by atoms with van der Waals surface area (Å²) >= 11 is 0. The zero-order valence-electron chi connectivity index (χ0n) is 18.8. The molecule has 4 heterocycles. The number of aryl methyl sites for hydroxylation is 2. The van der Waals surface area contributed by atoms with Gasteiger partial charge in [0.05, 0.1) is 17.4 Å². The second-order valence-corrected chi connectivity index (χ2v) is 8.13. The molecule has 1 saturated heterocycles. The number of hydrogen-bond donors (Lipinski definition) is 2. The van der Waals surface area contributed by atoms with Gasteiger partial charge in [-0.1, -0.05) is 11.2 Å². The van der Waals surface area contributed by atoms with E-state index in [9.17, 15) is 19.2 Å². The van der Waals surface area contributed by atoms with Crippen LogP contribution < -0.4 is 16.2 Å². The van der Waals surface area contributed by atoms with Gasteiger partial charge >= 0.3 is 0 Å². The number of benzene rings is 1. The van der Waals surface area contributed by atoms with Crippen molar-refractivity contribution in [1.29, 1.82) is 0 Å². The Bertz CT molecular complexity index is 1550. The molecule has 13 nitrogen and oxygen atoms in total. The summed E-state index contributed by atoms with van der Waals surface area (Å²) in [7, 11) is 0. The van der Waals surface area contributed by atoms with Gasteiger partial charge in [-0.15, -0.1) is 0 Å². The fraction of sp³-hybridized carbons (Fsp3) is 0.273. The molecule has 3 amide bonds. The number of aromatic nitrogens is 6. The summed E-state index contributed by atoms with van der Waals surface area (Å²) in [6.07, 6.45) is 3.43. The first-order valence-corrected chi connectivity index (χ1v) is 10.8. The van der Waals surface area contributed by atoms with Gasteiger partial charge in [0.2, 0.25) is 17.7 Å². The van der Waals surface area contributed by atoms with Crippen LogP contribution in [0.15, 0.2) is 40.0 Å². The minimum Gasteiger partial charge on any atom is -0.332 e. The van der Waals surface area contributed by atoms with E-state index >= 15 is 0 Å². The average Bonchev–Trinajstić information content (AvgIpc) is 3.44. The van der Waals surface area contributed by atoms with Crippen LogP contribution >= 0.6 is 0 Å². The molecule has 5 rings (SSSR count). The number of nitrogens with one attached hydrogen (secondary N) is 2. The summed E-state index contributed by atoms with van der Waals surface area (Å²) in [5, 5.41) is 9.01. The van der Waals surface area contributed by atoms with Crippen molar-refractivity contribution in [3.05, 3.63) is 52.7 Å². The van der Waals surface area contributed by atoms with E-state index in [2.05, 4.69) is 30.7 Å². The summed E-state index contributed by atoms with van der Waals surface area (Å²) in [5.41, 5.74) is 0.678. The van der Waals surface area contributed by atoms with Crippen molar-refractivity contribution in [3.63, 3.8) is 0 Å². The highest BCUT2D eigenvalue weighted by Gasteiger charge is 2.30. The highest BCUT2D eigenvalue weighted by atomic mass is 16.5. The Kier molecular flexibility index (Phi) is 5.43. The van der Waals surface area contributed by atoms with E-state index in [0.29, 0.717) is 28.5 Å². The molecule has 1 aliphatic rings. The molecular weight excluding hydrogens is 456 g/mol. The van der Waals surface area contributed by atoms with Gasteiger partial charge in [0.15, 0.2) is 5.82 Å². The number of nitrogens with zero attached hydrogens (tertiary/aromatic N) is 6. The highest BCUT2D eigenvalue weighted by molar-refractivity contribution is 6.01. The van der Waals surface area contributed by atoms with Gasteiger partial charge in [-0.05, 0) is 32.4 Å². The fourth-order valence-corrected chi connectivity index (χ4v) is 4.04. The molecule has 178 valence electrons. The summed E-state index contributed by atoms with van der Waals surface area (Å²) in [6.45, 7) is 3.25. The van der Waals surface area contributed by atoms with Gasteiger partial charge in [0.25, 0.3) is 11.4 Å². The number of piperidine rings is 1. The van der Waals surface area contributed by atoms with Crippen molar-refractivity contribution in [2.24, 2.45) is 0 Å². The van der Waals surface area contributed by atoms with Crippen molar-refractivity contribution in [1.82, 2.24) is 34.6 Å². The third-order valence-corrected chi connectivity index (χ3v) is 5.61. The molecule has 0 saturated carbocycles. The van der Waals surface area contributed by atoms with E-state index in [0.717, 1.165) is 0 Å². The first kappa shape index (κ1) is 22.1. The Morgan fingerprint density at radius 2 is 2.06 bits per heavy atom. The molecule has 0 radical (unpaired) electrons. The van der Waals surface area contributed by atoms with Crippen LogP contribution in [0.1, 0.15) is 30.5 Å². The van der Waals surface area contributed by atoms with Gasteiger partial charge in [-0.25, -0.2) is 9.97 Å². The smallest absolute Gasteiger partial charge is 0.278 e. The number of para-hydroxylation sites is 1. The van der Waals surface area contributed by atoms with Gasteiger partial charge in [0, 0.05) is 12.6 Å². The number of fused-ring (bicyclic) bond motifs is 1. The van der Waals surface area contributed by atoms with Crippen LogP contribution in [0.3, 0.4) is 0 Å². The van der Waals surface area contributed by atoms with Crippen molar-refractivity contribution in [2.45, 2.75) is 39.3 Å². The molecule has 0 bridgehead atoms. The molecule has 13 heteroatoms. The molecule has 0 spiro atoms. The number of carbonyl (C=O) groups is 3. The Morgan fingerprint density at radius 1 is 1.23 bits per heavy atom. The van der Waals surface area contributed by atoms with E-state index in [1.165, 1.54) is 10.9 Å². The molecule has 35 heavy (non-hydrogen) atoms. The number of rotatable bonds is 5. The molecule has 1 aromatic carbocycles. The van der Waals surface area contributed by atoms with Crippen LogP contribution in [-0.2, 0) is 20.9 Å². The number of anilines is 1. The van der Waals surface area contributed by atoms with E-state index in [-0.39, 0.29) is 42.5 Å². The average molecular weight is 476 g/mol. The monoisotopic (exact) mass is 476 g/mol. The zero-order valence-corrected chi connectivity index (χ0v) is 18.8. The molecule has 2 N–H and O–H groups in total. The highest BCUT2D eigenvalue weighted by Crippen LogP contribution is 2.23. The summed E-state index contributed by atoms with van der Waals surface area (Å²) in [6, 6.07) is 4.02. The summed E-state index contributed by atoms with van der Waals surface area (Å²) < 4.78 is 7.93. The standard InChI is InChI=1S/C22H20N8O5/c1-11-24-21(35-28-11)15-8-29(10-23-15)9-18(32)26-14-5-3-4-13-19(14)25-12(2)30(22(13)34)16-6-7-17(31)27-20(16)33/h3-5,8,10,16H,6-7,9H2,1-2H3,(H,26,32)(H,27,31,33). The lowest BCUT2D eigenvalue weighted by atomic mass is 10.1. The minimum atomic E-state index is -0.826. The molecule has 1 fully saturated rings. The molecular formula is C22H20N8O5. The number of hydrogen-bond acceptors (Lipinski definition) is 9. The van der Waals surface area contributed by atoms with Crippen LogP contribution in [0, 0.1) is 13.8 Å². The summed E-state index contributed by atoms with van der Waals surface area (Å²) in [5.74, 6) is -0.240. The largest absolute Gasteiger partial charge is 0.332 e. The number of imidazole rings is 1. The van der Waals surface area contributed by atoms with Crippen molar-refractivity contribution < 1.29 is 18.9 Å². The van der Waals surface area contributed by atoms with Gasteiger partial charge in [-0.3, -0.25) is 29.1 Å². The Balaban J connectivity index is 1.40. The molecule has 0 aliphatic carbocycles. The second-order valence-electron chi connectivity index (χ2n) is 8.13. The van der Waals surface area contributed by atoms with Gasteiger partial charge in [0.1, 0.15) is 29.6 Å². The molecule has 4 aromatic rings. The SMILES string of the molecule is Cc1noc(-c2cn(CC(=O)Nc3cccc4c(=O)n(C5CCC(=O)NC5=O)c(C)nc34)cn2)n1. The van der Waals surface area contributed by atoms with Crippen molar-refractivity contribution in [2.75, 3.05) is 5.32 Å². The molecule has 1 unspecified atom stereocenters. The van der Waals surface area contributed by atoms with Crippen molar-refractivity contribution in [3.8, 4) is 11.6 Å². The lowest BCUT2D eigenvalue weighted by molar-refractivity contribution is -0.135. The number of amides is 3. The predicted octanol–water partition coefficient (Wildman–Crippen LogP) is 0.876. The lowest BCUT2D eigenvalue weighted by Gasteiger charge is -2.24. The first-order chi connectivity index (χ1) is 16.8. The predicted molar refractivity (Wildman–Crippen MR) is 121 cm³/mol. The van der Waals surface area contributed by atoms with Gasteiger partial charge < -0.3 is 14.4 Å². The molecule has 1 aliphatic heterocycles. The summed E-state index contributed by atoms with van der Waals surface area (Å²) in [4.78, 5) is 62.6. The third-order valence-electron chi connectivity index (χ3n) is 5.61. The maximum atomic E-state index is 13.3. The van der Waals surface area contributed by atoms with Crippen LogP contribution in [0.5, 0.6) is 0 Å². The maximum absolute atomic E-state index is 13.3. The Morgan fingerprint density at radius 3 is 2.80 bits per heavy atom. The molecule has 3 aromatic heterocycles. The Hall–Kier alpha value is -4.68. The topological polar surface area (TPSA) is 167 Å². The van der Waals surface area contributed by atoms with E-state index in [1.807, 2.05) is 0 Å². The maximum Gasteiger partial charge on any atom is 0.278 e. The van der Waals surface area contributed by atoms with E-state index < -0.39 is 17.5 Å². The normalized spacial score (nSPS) is 15.9. The van der Waals surface area contributed by atoms with Crippen LogP contribution in [-0.4, -0.2) is 47.0 Å². The quantitative estimate of drug-likeness (QED) is 0.397. The van der Waals surface area contributed by atoms with Crippen LogP contribution in [0.2, 0.25) is 0 Å². The number of imide groups is 1. The minimum absolute atomic E-state index is 0.0527. The molecule has 1 atom stereocenters. The van der Waals surface area contributed by atoms with Gasteiger partial charge in [-0.2, -0.15) is 4.98 Å². The third kappa shape index (κ3) is 4.18. The van der Waals surface area contributed by atoms with E-state index in [1.54, 1.807) is 42.8 Å². The lowest BCUT2D eigenvalue weighted by Crippen LogP contribution is -2.45. The second kappa shape index (κ2) is 8.59. The zero-order chi connectivity index (χ0) is 24.7. The van der Waals surface area contributed by atoms with Crippen LogP contribution in [0.25, 0.3) is 22.5 Å². The Labute approximate surface area is 197 Å². The van der Waals surface area contributed by atoms with Crippen molar-refractivity contribution >= 4 is 34.3 Å². The first-order valence-electron chi connectivity index (χ1n) is 10.8. The van der Waals surface area contributed by atoms with E-state index in [4.69, 9.17) is 4.52 Å².